The molecular formula is C28H30N4O6. The number of fused-ring (bicyclic) bond motifs is 1. The lowest BCUT2D eigenvalue weighted by molar-refractivity contribution is -0.269. The Balaban J connectivity index is 1.10. The molecule has 198 valence electrons. The highest BCUT2D eigenvalue weighted by molar-refractivity contribution is 6.06. The summed E-state index contributed by atoms with van der Waals surface area (Å²) in [4.78, 5) is 39.6. The first-order valence-corrected chi connectivity index (χ1v) is 12.9. The molecule has 0 saturated carbocycles. The second-order valence-corrected chi connectivity index (χ2v) is 10.1. The quantitative estimate of drug-likeness (QED) is 0.565. The largest absolute Gasteiger partial charge is 0.445 e. The number of hydrogen-bond donors (Lipinski definition) is 1. The van der Waals surface area contributed by atoms with Crippen molar-refractivity contribution in [2.75, 3.05) is 37.7 Å². The summed E-state index contributed by atoms with van der Waals surface area (Å²) in [6.07, 6.45) is 2.58. The Bertz CT molecular complexity index is 1380. The summed E-state index contributed by atoms with van der Waals surface area (Å²) in [6.45, 7) is 4.38. The van der Waals surface area contributed by atoms with Crippen molar-refractivity contribution in [3.8, 4) is 0 Å². The van der Waals surface area contributed by atoms with Crippen LogP contribution in [0.4, 0.5) is 15.3 Å². The predicted molar refractivity (Wildman–Crippen MR) is 139 cm³/mol. The van der Waals surface area contributed by atoms with Gasteiger partial charge in [-0.3, -0.25) is 15.0 Å². The number of rotatable bonds is 4. The SMILES string of the molecule is Cc1cn(C2COC3(CCN(C(=O)OCc4ccccc4)C3)OC2)c2ccc(N3CCC(=O)NC3=O)cc12. The zero-order chi connectivity index (χ0) is 26.3. The van der Waals surface area contributed by atoms with Crippen molar-refractivity contribution >= 4 is 34.6 Å². The van der Waals surface area contributed by atoms with Gasteiger partial charge in [0.15, 0.2) is 5.79 Å². The number of carbonyl (C=O) groups excluding carboxylic acids is 3. The molecule has 0 atom stereocenters. The first-order chi connectivity index (χ1) is 18.4. The minimum absolute atomic E-state index is 0.0299. The van der Waals surface area contributed by atoms with Gasteiger partial charge in [-0.15, -0.1) is 0 Å². The average molecular weight is 519 g/mol. The lowest BCUT2D eigenvalue weighted by atomic mass is 10.1. The number of ether oxygens (including phenoxy) is 3. The van der Waals surface area contributed by atoms with Gasteiger partial charge in [0.05, 0.1) is 25.8 Å². The Hall–Kier alpha value is -3.89. The molecule has 1 N–H and O–H groups in total. The van der Waals surface area contributed by atoms with Crippen molar-refractivity contribution < 1.29 is 28.6 Å². The van der Waals surface area contributed by atoms with Crippen molar-refractivity contribution in [2.24, 2.45) is 0 Å². The first-order valence-electron chi connectivity index (χ1n) is 12.9. The standard InChI is InChI=1S/C28H30N4O6/c1-19-14-32(24-8-7-21(13-23(19)24)31-11-9-25(33)29-26(31)34)22-16-37-28(38-17-22)10-12-30(18-28)27(35)36-15-20-5-3-2-4-6-20/h2-8,13-14,22H,9-12,15-18H2,1H3,(H,29,33,34). The van der Waals surface area contributed by atoms with Crippen molar-refractivity contribution in [3.05, 3.63) is 65.9 Å². The van der Waals surface area contributed by atoms with E-state index in [1.165, 1.54) is 0 Å². The molecule has 1 spiro atoms. The third-order valence-electron chi connectivity index (χ3n) is 7.51. The van der Waals surface area contributed by atoms with Crippen LogP contribution in [0.3, 0.4) is 0 Å². The van der Waals surface area contributed by atoms with E-state index in [-0.39, 0.29) is 31.1 Å². The number of aryl methyl sites for hydroxylation is 1. The van der Waals surface area contributed by atoms with Crippen LogP contribution in [-0.2, 0) is 25.6 Å². The van der Waals surface area contributed by atoms with E-state index >= 15 is 0 Å². The van der Waals surface area contributed by atoms with Crippen LogP contribution in [0.2, 0.25) is 0 Å². The Labute approximate surface area is 220 Å². The molecule has 6 rings (SSSR count). The van der Waals surface area contributed by atoms with Crippen molar-refractivity contribution in [2.45, 2.75) is 38.2 Å². The molecule has 10 nitrogen and oxygen atoms in total. The first kappa shape index (κ1) is 24.4. The van der Waals surface area contributed by atoms with Crippen LogP contribution in [0.5, 0.6) is 0 Å². The highest BCUT2D eigenvalue weighted by Gasteiger charge is 2.46. The lowest BCUT2D eigenvalue weighted by Gasteiger charge is -2.38. The Morgan fingerprint density at radius 2 is 1.89 bits per heavy atom. The highest BCUT2D eigenvalue weighted by Crippen LogP contribution is 2.36. The van der Waals surface area contributed by atoms with E-state index in [0.29, 0.717) is 39.3 Å². The number of likely N-dealkylation sites (tertiary alicyclic amines) is 1. The summed E-state index contributed by atoms with van der Waals surface area (Å²) < 4.78 is 20.1. The molecule has 4 amide bonds. The van der Waals surface area contributed by atoms with Crippen LogP contribution in [0, 0.1) is 6.92 Å². The van der Waals surface area contributed by atoms with Crippen molar-refractivity contribution in [3.63, 3.8) is 0 Å². The van der Waals surface area contributed by atoms with Crippen LogP contribution in [0.1, 0.15) is 30.0 Å². The molecule has 3 saturated heterocycles. The molecule has 0 unspecified atom stereocenters. The van der Waals surface area contributed by atoms with Crippen LogP contribution < -0.4 is 10.2 Å². The number of amides is 4. The molecule has 2 aromatic carbocycles. The minimum atomic E-state index is -0.813. The predicted octanol–water partition coefficient (Wildman–Crippen LogP) is 3.72. The normalized spacial score (nSPS) is 23.8. The highest BCUT2D eigenvalue weighted by atomic mass is 16.7. The number of nitrogens with one attached hydrogen (secondary N) is 1. The van der Waals surface area contributed by atoms with Crippen molar-refractivity contribution in [1.82, 2.24) is 14.8 Å². The van der Waals surface area contributed by atoms with Gasteiger partial charge in [-0.2, -0.15) is 0 Å². The number of nitrogens with zero attached hydrogens (tertiary/aromatic N) is 3. The van der Waals surface area contributed by atoms with E-state index in [1.54, 1.807) is 9.80 Å². The third kappa shape index (κ3) is 4.61. The maximum absolute atomic E-state index is 12.6. The molecule has 3 aromatic rings. The van der Waals surface area contributed by atoms with Crippen LogP contribution in [0.25, 0.3) is 10.9 Å². The van der Waals surface area contributed by atoms with Gasteiger partial charge in [0.2, 0.25) is 5.91 Å². The monoisotopic (exact) mass is 518 g/mol. The Kier molecular flexibility index (Phi) is 6.29. The molecule has 10 heteroatoms. The maximum Gasteiger partial charge on any atom is 0.410 e. The molecule has 4 heterocycles. The van der Waals surface area contributed by atoms with Gasteiger partial charge in [-0.25, -0.2) is 9.59 Å². The second-order valence-electron chi connectivity index (χ2n) is 10.1. The lowest BCUT2D eigenvalue weighted by Crippen LogP contribution is -2.49. The van der Waals surface area contributed by atoms with E-state index in [2.05, 4.69) is 16.1 Å². The fraction of sp³-hybridized carbons (Fsp3) is 0.393. The van der Waals surface area contributed by atoms with E-state index in [1.807, 2.05) is 55.5 Å². The molecule has 0 bridgehead atoms. The minimum Gasteiger partial charge on any atom is -0.445 e. The fourth-order valence-electron chi connectivity index (χ4n) is 5.40. The second kappa shape index (κ2) is 9.77. The Morgan fingerprint density at radius 1 is 1.11 bits per heavy atom. The molecule has 38 heavy (non-hydrogen) atoms. The topological polar surface area (TPSA) is 102 Å². The van der Waals surface area contributed by atoms with E-state index in [9.17, 15) is 14.4 Å². The van der Waals surface area contributed by atoms with Gasteiger partial charge >= 0.3 is 12.1 Å². The number of anilines is 1. The van der Waals surface area contributed by atoms with Crippen LogP contribution >= 0.6 is 0 Å². The number of aromatic nitrogens is 1. The zero-order valence-corrected chi connectivity index (χ0v) is 21.2. The summed E-state index contributed by atoms with van der Waals surface area (Å²) in [7, 11) is 0. The zero-order valence-electron chi connectivity index (χ0n) is 21.2. The summed E-state index contributed by atoms with van der Waals surface area (Å²) >= 11 is 0. The Morgan fingerprint density at radius 3 is 2.66 bits per heavy atom. The summed E-state index contributed by atoms with van der Waals surface area (Å²) in [5.41, 5.74) is 3.79. The summed E-state index contributed by atoms with van der Waals surface area (Å²) in [5, 5.41) is 3.40. The van der Waals surface area contributed by atoms with E-state index in [0.717, 1.165) is 27.7 Å². The summed E-state index contributed by atoms with van der Waals surface area (Å²) in [5.74, 6) is -1.06. The number of urea groups is 1. The van der Waals surface area contributed by atoms with E-state index in [4.69, 9.17) is 14.2 Å². The molecule has 3 aliphatic heterocycles. The molecule has 3 aliphatic rings. The average Bonchev–Trinajstić information content (AvgIpc) is 3.49. The number of hydrogen-bond acceptors (Lipinski definition) is 6. The molecule has 1 aromatic heterocycles. The van der Waals surface area contributed by atoms with Crippen LogP contribution in [0.15, 0.2) is 54.7 Å². The van der Waals surface area contributed by atoms with Gasteiger partial charge in [-0.05, 0) is 36.2 Å². The van der Waals surface area contributed by atoms with Crippen LogP contribution in [-0.4, -0.2) is 66.1 Å². The summed E-state index contributed by atoms with van der Waals surface area (Å²) in [6, 6.07) is 15.1. The van der Waals surface area contributed by atoms with Gasteiger partial charge in [0.25, 0.3) is 0 Å². The van der Waals surface area contributed by atoms with Gasteiger partial charge in [0.1, 0.15) is 6.61 Å². The third-order valence-corrected chi connectivity index (χ3v) is 7.51. The van der Waals surface area contributed by atoms with E-state index < -0.39 is 11.8 Å². The number of imide groups is 1. The fourth-order valence-corrected chi connectivity index (χ4v) is 5.40. The number of benzene rings is 2. The van der Waals surface area contributed by atoms with Gasteiger partial charge in [0, 0.05) is 48.7 Å². The molecular weight excluding hydrogens is 488 g/mol. The molecule has 3 fully saturated rings. The molecule has 0 radical (unpaired) electrons. The van der Waals surface area contributed by atoms with Gasteiger partial charge in [-0.1, -0.05) is 30.3 Å². The number of carbonyl (C=O) groups is 3. The molecule has 0 aliphatic carbocycles. The smallest absolute Gasteiger partial charge is 0.410 e. The maximum atomic E-state index is 12.6. The van der Waals surface area contributed by atoms with Crippen molar-refractivity contribution in [1.29, 1.82) is 0 Å². The van der Waals surface area contributed by atoms with Gasteiger partial charge < -0.3 is 23.7 Å².